The number of nitrogens with zero attached hydrogens (tertiary/aromatic N) is 3. The quantitative estimate of drug-likeness (QED) is 0.404. The zero-order valence-electron chi connectivity index (χ0n) is 23.9. The molecule has 4 rings (SSSR count). The number of Topliss-reactive ketones (excluding diaryl/α,β-unsaturated/α-hetero) is 2. The molecule has 0 spiro atoms. The minimum absolute atomic E-state index is 0.0770. The molecule has 1 N–H and O–H groups in total. The standard InChI is InChI=1S/C33H37N3O5/c1-34(2)29(38)19-28(33(41)35(3)4)36-20-26(31(39)23-11-7-5-8-12-23)30(22-15-17-25(37)18-16-22)27(21-36)32(40)24-13-9-6-10-14-24/h5-18,26-28,30,37H,19-21H2,1-4H3/t26-,27+,28?,30?. The Morgan fingerprint density at radius 2 is 1.20 bits per heavy atom. The first kappa shape index (κ1) is 29.7. The van der Waals surface area contributed by atoms with Crippen molar-refractivity contribution in [1.29, 1.82) is 0 Å². The van der Waals surface area contributed by atoms with Gasteiger partial charge in [-0.3, -0.25) is 24.1 Å². The molecule has 2 unspecified atom stereocenters. The zero-order valence-corrected chi connectivity index (χ0v) is 23.9. The molecule has 3 aromatic carbocycles. The van der Waals surface area contributed by atoms with E-state index in [2.05, 4.69) is 0 Å². The first-order valence-electron chi connectivity index (χ1n) is 13.7. The van der Waals surface area contributed by atoms with Gasteiger partial charge in [0.25, 0.3) is 0 Å². The van der Waals surface area contributed by atoms with Crippen molar-refractivity contribution in [2.45, 2.75) is 18.4 Å². The van der Waals surface area contributed by atoms with E-state index in [1.807, 2.05) is 17.0 Å². The van der Waals surface area contributed by atoms with Crippen molar-refractivity contribution in [1.82, 2.24) is 14.7 Å². The van der Waals surface area contributed by atoms with Crippen LogP contribution in [0.5, 0.6) is 5.75 Å². The molecule has 8 heteroatoms. The maximum Gasteiger partial charge on any atom is 0.239 e. The van der Waals surface area contributed by atoms with E-state index >= 15 is 0 Å². The molecule has 2 amide bonds. The molecule has 0 aromatic heterocycles. The van der Waals surface area contributed by atoms with Crippen LogP contribution in [0.25, 0.3) is 0 Å². The lowest BCUT2D eigenvalue weighted by Crippen LogP contribution is -2.57. The molecule has 4 atom stereocenters. The van der Waals surface area contributed by atoms with Gasteiger partial charge in [0, 0.05) is 70.2 Å². The van der Waals surface area contributed by atoms with Crippen molar-refractivity contribution < 1.29 is 24.3 Å². The van der Waals surface area contributed by atoms with Gasteiger partial charge in [0.1, 0.15) is 5.75 Å². The zero-order chi connectivity index (χ0) is 29.7. The van der Waals surface area contributed by atoms with Gasteiger partial charge in [-0.1, -0.05) is 72.8 Å². The molecule has 1 heterocycles. The number of phenolic OH excluding ortho intramolecular Hbond substituents is 1. The Kier molecular flexibility index (Phi) is 9.35. The van der Waals surface area contributed by atoms with Gasteiger partial charge in [0.15, 0.2) is 11.6 Å². The van der Waals surface area contributed by atoms with Gasteiger partial charge in [0.2, 0.25) is 11.8 Å². The van der Waals surface area contributed by atoms with Crippen LogP contribution in [-0.4, -0.2) is 90.5 Å². The summed E-state index contributed by atoms with van der Waals surface area (Å²) < 4.78 is 0. The summed E-state index contributed by atoms with van der Waals surface area (Å²) in [6, 6.07) is 23.6. The molecule has 1 fully saturated rings. The molecule has 214 valence electrons. The lowest BCUT2D eigenvalue weighted by atomic mass is 9.68. The van der Waals surface area contributed by atoms with E-state index in [1.165, 1.54) is 9.80 Å². The van der Waals surface area contributed by atoms with E-state index in [1.54, 1.807) is 101 Å². The number of piperidine rings is 1. The number of ketones is 2. The number of carbonyl (C=O) groups is 4. The van der Waals surface area contributed by atoms with Crippen LogP contribution < -0.4 is 0 Å². The van der Waals surface area contributed by atoms with Crippen LogP contribution in [-0.2, 0) is 9.59 Å². The van der Waals surface area contributed by atoms with Gasteiger partial charge in [-0.2, -0.15) is 0 Å². The number of hydrogen-bond donors (Lipinski definition) is 1. The SMILES string of the molecule is CN(C)C(=O)CC(C(=O)N(C)C)N1C[C@H](C(=O)c2ccccc2)C(c2ccc(O)cc2)[C@H](C(=O)c2ccccc2)C1. The Balaban J connectivity index is 1.87. The van der Waals surface area contributed by atoms with Crippen LogP contribution in [0, 0.1) is 11.8 Å². The Morgan fingerprint density at radius 1 is 0.732 bits per heavy atom. The molecule has 0 bridgehead atoms. The molecule has 0 saturated carbocycles. The van der Waals surface area contributed by atoms with Crippen molar-refractivity contribution in [3.63, 3.8) is 0 Å². The molecule has 0 aliphatic carbocycles. The summed E-state index contributed by atoms with van der Waals surface area (Å²) in [5, 5.41) is 10.00. The Labute approximate surface area is 241 Å². The summed E-state index contributed by atoms with van der Waals surface area (Å²) >= 11 is 0. The number of likely N-dealkylation sites (tertiary alicyclic amines) is 1. The summed E-state index contributed by atoms with van der Waals surface area (Å²) in [5.41, 5.74) is 1.77. The monoisotopic (exact) mass is 555 g/mol. The van der Waals surface area contributed by atoms with Crippen LogP contribution in [0.2, 0.25) is 0 Å². The second kappa shape index (κ2) is 12.9. The van der Waals surface area contributed by atoms with Crippen LogP contribution in [0.15, 0.2) is 84.9 Å². The van der Waals surface area contributed by atoms with E-state index in [-0.39, 0.29) is 48.6 Å². The molecule has 1 aliphatic rings. The fraction of sp³-hybridized carbons (Fsp3) is 0.333. The van der Waals surface area contributed by atoms with Gasteiger partial charge in [-0.05, 0) is 17.7 Å². The molecule has 8 nitrogen and oxygen atoms in total. The number of rotatable bonds is 9. The second-order valence-corrected chi connectivity index (χ2v) is 11.0. The minimum atomic E-state index is -0.849. The molecule has 1 aliphatic heterocycles. The summed E-state index contributed by atoms with van der Waals surface area (Å²) in [7, 11) is 6.55. The highest BCUT2D eigenvalue weighted by molar-refractivity contribution is 6.02. The summed E-state index contributed by atoms with van der Waals surface area (Å²) in [6.45, 7) is 0.367. The van der Waals surface area contributed by atoms with E-state index < -0.39 is 23.8 Å². The third-order valence-corrected chi connectivity index (χ3v) is 7.83. The van der Waals surface area contributed by atoms with Gasteiger partial charge < -0.3 is 14.9 Å². The predicted octanol–water partition coefficient (Wildman–Crippen LogP) is 3.72. The molecule has 3 aromatic rings. The number of aromatic hydroxyl groups is 1. The summed E-state index contributed by atoms with van der Waals surface area (Å²) in [4.78, 5) is 59.5. The van der Waals surface area contributed by atoms with E-state index in [0.717, 1.165) is 5.56 Å². The number of carbonyl (C=O) groups excluding carboxylic acids is 4. The van der Waals surface area contributed by atoms with Crippen molar-refractivity contribution in [3.05, 3.63) is 102 Å². The average molecular weight is 556 g/mol. The molecule has 1 saturated heterocycles. The van der Waals surface area contributed by atoms with Crippen LogP contribution in [0.4, 0.5) is 0 Å². The molecular weight excluding hydrogens is 518 g/mol. The lowest BCUT2D eigenvalue weighted by molar-refractivity contribution is -0.141. The number of amides is 2. The van der Waals surface area contributed by atoms with Crippen molar-refractivity contribution in [2.24, 2.45) is 11.8 Å². The first-order chi connectivity index (χ1) is 19.6. The van der Waals surface area contributed by atoms with Gasteiger partial charge in [0.05, 0.1) is 12.5 Å². The summed E-state index contributed by atoms with van der Waals surface area (Å²) in [5.74, 6) is -2.60. The molecular formula is C33H37N3O5. The minimum Gasteiger partial charge on any atom is -0.508 e. The van der Waals surface area contributed by atoms with Crippen molar-refractivity contribution in [3.8, 4) is 5.75 Å². The normalized spacial score (nSPS) is 19.7. The number of phenols is 1. The van der Waals surface area contributed by atoms with Gasteiger partial charge in [-0.25, -0.2) is 0 Å². The number of likely N-dealkylation sites (N-methyl/N-ethyl adjacent to an activating group) is 1. The highest BCUT2D eigenvalue weighted by Crippen LogP contribution is 2.42. The molecule has 41 heavy (non-hydrogen) atoms. The highest BCUT2D eigenvalue weighted by atomic mass is 16.3. The van der Waals surface area contributed by atoms with E-state index in [9.17, 15) is 24.3 Å². The average Bonchev–Trinajstić information content (AvgIpc) is 2.99. The van der Waals surface area contributed by atoms with Crippen LogP contribution in [0.1, 0.15) is 38.6 Å². The second-order valence-electron chi connectivity index (χ2n) is 11.0. The Morgan fingerprint density at radius 3 is 1.61 bits per heavy atom. The van der Waals surface area contributed by atoms with E-state index in [0.29, 0.717) is 11.1 Å². The van der Waals surface area contributed by atoms with Crippen LogP contribution in [0.3, 0.4) is 0 Å². The highest BCUT2D eigenvalue weighted by Gasteiger charge is 2.47. The van der Waals surface area contributed by atoms with Gasteiger partial charge in [-0.15, -0.1) is 0 Å². The molecule has 0 radical (unpaired) electrons. The first-order valence-corrected chi connectivity index (χ1v) is 13.7. The van der Waals surface area contributed by atoms with Crippen molar-refractivity contribution in [2.75, 3.05) is 41.3 Å². The maximum atomic E-state index is 14.2. The smallest absolute Gasteiger partial charge is 0.239 e. The topological polar surface area (TPSA) is 98.2 Å². The van der Waals surface area contributed by atoms with E-state index in [4.69, 9.17) is 0 Å². The summed E-state index contributed by atoms with van der Waals surface area (Å²) in [6.07, 6.45) is -0.0770. The predicted molar refractivity (Wildman–Crippen MR) is 157 cm³/mol. The maximum absolute atomic E-state index is 14.2. The Bertz CT molecular complexity index is 1310. The van der Waals surface area contributed by atoms with Crippen LogP contribution >= 0.6 is 0 Å². The number of benzene rings is 3. The third kappa shape index (κ3) is 6.72. The number of hydrogen-bond acceptors (Lipinski definition) is 6. The van der Waals surface area contributed by atoms with Crippen molar-refractivity contribution >= 4 is 23.4 Å². The lowest BCUT2D eigenvalue weighted by Gasteiger charge is -2.46. The fourth-order valence-electron chi connectivity index (χ4n) is 5.65. The largest absolute Gasteiger partial charge is 0.508 e. The third-order valence-electron chi connectivity index (χ3n) is 7.83. The fourth-order valence-corrected chi connectivity index (χ4v) is 5.65. The Hall–Kier alpha value is -4.30. The van der Waals surface area contributed by atoms with Gasteiger partial charge >= 0.3 is 0 Å².